The smallest absolute Gasteiger partial charge is 0.305 e. The van der Waals surface area contributed by atoms with E-state index < -0.39 is 12.1 Å². The fourth-order valence-electron chi connectivity index (χ4n) is 8.70. The van der Waals surface area contributed by atoms with Crippen LogP contribution in [0.15, 0.2) is 0 Å². The summed E-state index contributed by atoms with van der Waals surface area (Å²) in [5.74, 6) is -0.0528. The monoisotopic (exact) mass is 850 g/mol. The van der Waals surface area contributed by atoms with Crippen molar-refractivity contribution in [1.29, 1.82) is 0 Å². The molecular weight excluding hydrogens is 743 g/mol. The van der Waals surface area contributed by atoms with Gasteiger partial charge in [0.1, 0.15) is 0 Å². The number of esters is 1. The Hall–Kier alpha value is -1.14. The number of carbonyl (C=O) groups excluding carboxylic acids is 2. The average molecular weight is 850 g/mol. The molecule has 0 spiro atoms. The highest BCUT2D eigenvalue weighted by Crippen LogP contribution is 2.17. The second-order valence-corrected chi connectivity index (χ2v) is 18.9. The van der Waals surface area contributed by atoms with Crippen LogP contribution in [0.5, 0.6) is 0 Å². The lowest BCUT2D eigenvalue weighted by Gasteiger charge is -2.22. The van der Waals surface area contributed by atoms with Crippen molar-refractivity contribution in [1.82, 2.24) is 5.32 Å². The van der Waals surface area contributed by atoms with Gasteiger partial charge in [-0.05, 0) is 25.7 Å². The highest BCUT2D eigenvalue weighted by Gasteiger charge is 2.20. The van der Waals surface area contributed by atoms with E-state index in [1.165, 1.54) is 218 Å². The van der Waals surface area contributed by atoms with Gasteiger partial charge in [0.15, 0.2) is 0 Å². The molecule has 0 fully saturated rings. The minimum atomic E-state index is -0.672. The lowest BCUT2D eigenvalue weighted by Crippen LogP contribution is -2.45. The lowest BCUT2D eigenvalue weighted by atomic mass is 10.0. The van der Waals surface area contributed by atoms with E-state index in [2.05, 4.69) is 19.2 Å². The summed E-state index contributed by atoms with van der Waals surface area (Å²) in [5.41, 5.74) is 0. The van der Waals surface area contributed by atoms with E-state index in [9.17, 15) is 19.8 Å². The highest BCUT2D eigenvalue weighted by molar-refractivity contribution is 5.76. The standard InChI is InChI=1S/C54H107NO5/c1-3-5-7-9-11-13-15-17-19-21-23-28-32-36-40-44-48-54(59)60-49-45-41-37-33-29-25-24-27-31-35-39-43-47-53(58)55-51(50-56)52(57)46-42-38-34-30-26-22-20-18-16-14-12-10-8-6-4-2/h51-52,56-57H,3-50H2,1-2H3,(H,55,58). The zero-order valence-electron chi connectivity index (χ0n) is 40.7. The molecule has 0 rings (SSSR count). The van der Waals surface area contributed by atoms with E-state index in [1.807, 2.05) is 0 Å². The van der Waals surface area contributed by atoms with E-state index in [1.54, 1.807) is 0 Å². The third-order valence-electron chi connectivity index (χ3n) is 12.9. The average Bonchev–Trinajstić information content (AvgIpc) is 3.25. The summed E-state index contributed by atoms with van der Waals surface area (Å²) in [4.78, 5) is 24.5. The number of carbonyl (C=O) groups is 2. The fourth-order valence-corrected chi connectivity index (χ4v) is 8.70. The fraction of sp³-hybridized carbons (Fsp3) is 0.963. The number of ether oxygens (including phenoxy) is 1. The van der Waals surface area contributed by atoms with Gasteiger partial charge in [0.05, 0.1) is 25.4 Å². The van der Waals surface area contributed by atoms with Crippen molar-refractivity contribution in [3.05, 3.63) is 0 Å². The van der Waals surface area contributed by atoms with Crippen molar-refractivity contribution in [2.75, 3.05) is 13.2 Å². The van der Waals surface area contributed by atoms with Crippen molar-refractivity contribution in [2.24, 2.45) is 0 Å². The molecule has 6 nitrogen and oxygen atoms in total. The molecule has 2 unspecified atom stereocenters. The molecule has 3 N–H and O–H groups in total. The molecule has 6 heteroatoms. The molecule has 0 aliphatic heterocycles. The number of nitrogens with one attached hydrogen (secondary N) is 1. The summed E-state index contributed by atoms with van der Waals surface area (Å²) >= 11 is 0. The summed E-state index contributed by atoms with van der Waals surface area (Å²) in [6.45, 7) is 4.94. The number of aliphatic hydroxyl groups is 2. The van der Waals surface area contributed by atoms with Crippen LogP contribution in [0.1, 0.15) is 309 Å². The van der Waals surface area contributed by atoms with Crippen LogP contribution in [0.3, 0.4) is 0 Å². The predicted molar refractivity (Wildman–Crippen MR) is 260 cm³/mol. The Morgan fingerprint density at radius 1 is 0.400 bits per heavy atom. The van der Waals surface area contributed by atoms with Crippen molar-refractivity contribution in [2.45, 2.75) is 321 Å². The molecule has 0 heterocycles. The third-order valence-corrected chi connectivity index (χ3v) is 12.9. The molecule has 0 aliphatic rings. The molecule has 358 valence electrons. The van der Waals surface area contributed by atoms with Crippen LogP contribution >= 0.6 is 0 Å². The Morgan fingerprint density at radius 3 is 1.02 bits per heavy atom. The molecule has 0 aliphatic carbocycles. The number of hydrogen-bond donors (Lipinski definition) is 3. The molecule has 0 saturated carbocycles. The minimum Gasteiger partial charge on any atom is -0.466 e. The van der Waals surface area contributed by atoms with Gasteiger partial charge in [0, 0.05) is 12.8 Å². The van der Waals surface area contributed by atoms with E-state index in [4.69, 9.17) is 4.74 Å². The second kappa shape index (κ2) is 50.5. The van der Waals surface area contributed by atoms with E-state index in [-0.39, 0.29) is 18.5 Å². The van der Waals surface area contributed by atoms with Gasteiger partial charge < -0.3 is 20.3 Å². The molecule has 0 bridgehead atoms. The van der Waals surface area contributed by atoms with Gasteiger partial charge in [-0.1, -0.05) is 271 Å². The van der Waals surface area contributed by atoms with Crippen LogP contribution in [0.2, 0.25) is 0 Å². The van der Waals surface area contributed by atoms with Gasteiger partial charge in [0.25, 0.3) is 0 Å². The number of unbranched alkanes of at least 4 members (excludes halogenated alkanes) is 40. The van der Waals surface area contributed by atoms with Gasteiger partial charge in [-0.3, -0.25) is 9.59 Å². The van der Waals surface area contributed by atoms with Crippen molar-refractivity contribution in [3.63, 3.8) is 0 Å². The molecular formula is C54H107NO5. The number of aliphatic hydroxyl groups excluding tert-OH is 2. The first-order chi connectivity index (χ1) is 29.5. The maximum Gasteiger partial charge on any atom is 0.305 e. The summed E-state index contributed by atoms with van der Waals surface area (Å²) in [5, 5.41) is 23.2. The molecule has 0 radical (unpaired) electrons. The molecule has 1 amide bonds. The van der Waals surface area contributed by atoms with E-state index in [0.717, 1.165) is 57.8 Å². The summed E-state index contributed by atoms with van der Waals surface area (Å²) < 4.78 is 5.47. The maximum absolute atomic E-state index is 12.5. The van der Waals surface area contributed by atoms with Crippen LogP contribution in [0, 0.1) is 0 Å². The van der Waals surface area contributed by atoms with Crippen LogP contribution in [0.4, 0.5) is 0 Å². The lowest BCUT2D eigenvalue weighted by molar-refractivity contribution is -0.143. The topological polar surface area (TPSA) is 95.9 Å². The molecule has 0 saturated heterocycles. The first-order valence-corrected chi connectivity index (χ1v) is 27.3. The highest BCUT2D eigenvalue weighted by atomic mass is 16.5. The SMILES string of the molecule is CCCCCCCCCCCCCCCCCCC(=O)OCCCCCCCCCCCCCCC(=O)NC(CO)C(O)CCCCCCCCCCCCCCCCC. The summed E-state index contributed by atoms with van der Waals surface area (Å²) in [6.07, 6.45) is 56.4. The van der Waals surface area contributed by atoms with Crippen molar-refractivity contribution in [3.8, 4) is 0 Å². The van der Waals surface area contributed by atoms with E-state index in [0.29, 0.717) is 25.9 Å². The van der Waals surface area contributed by atoms with Gasteiger partial charge >= 0.3 is 5.97 Å². The van der Waals surface area contributed by atoms with Gasteiger partial charge in [-0.25, -0.2) is 0 Å². The minimum absolute atomic E-state index is 0.00491. The van der Waals surface area contributed by atoms with Crippen molar-refractivity contribution < 1.29 is 24.5 Å². The first kappa shape index (κ1) is 58.9. The normalized spacial score (nSPS) is 12.5. The van der Waals surface area contributed by atoms with Crippen LogP contribution in [-0.4, -0.2) is 47.4 Å². The summed E-state index contributed by atoms with van der Waals surface area (Å²) in [6, 6.07) is -0.551. The predicted octanol–water partition coefficient (Wildman–Crippen LogP) is 16.4. The van der Waals surface area contributed by atoms with Crippen LogP contribution in [-0.2, 0) is 14.3 Å². The molecule has 60 heavy (non-hydrogen) atoms. The zero-order chi connectivity index (χ0) is 43.7. The Morgan fingerprint density at radius 2 is 0.683 bits per heavy atom. The Balaban J connectivity index is 3.43. The largest absolute Gasteiger partial charge is 0.466 e. The Bertz CT molecular complexity index is 852. The van der Waals surface area contributed by atoms with Gasteiger partial charge in [-0.2, -0.15) is 0 Å². The van der Waals surface area contributed by atoms with Gasteiger partial charge in [-0.15, -0.1) is 0 Å². The second-order valence-electron chi connectivity index (χ2n) is 18.9. The summed E-state index contributed by atoms with van der Waals surface area (Å²) in [7, 11) is 0. The molecule has 2 atom stereocenters. The number of amides is 1. The van der Waals surface area contributed by atoms with E-state index >= 15 is 0 Å². The number of rotatable bonds is 51. The van der Waals surface area contributed by atoms with Gasteiger partial charge in [0.2, 0.25) is 5.91 Å². The van der Waals surface area contributed by atoms with Crippen molar-refractivity contribution >= 4 is 11.9 Å². The Labute approximate surface area is 375 Å². The number of hydrogen-bond acceptors (Lipinski definition) is 5. The molecule has 0 aromatic rings. The Kier molecular flexibility index (Phi) is 49.5. The first-order valence-electron chi connectivity index (χ1n) is 27.3. The quantitative estimate of drug-likeness (QED) is 0.0418. The maximum atomic E-state index is 12.5. The van der Waals surface area contributed by atoms with Crippen LogP contribution < -0.4 is 5.32 Å². The zero-order valence-corrected chi connectivity index (χ0v) is 40.7. The third kappa shape index (κ3) is 46.4. The van der Waals surface area contributed by atoms with Crippen LogP contribution in [0.25, 0.3) is 0 Å². The molecule has 0 aromatic carbocycles. The molecule has 0 aromatic heterocycles.